The maximum atomic E-state index is 12.6. The van der Waals surface area contributed by atoms with Gasteiger partial charge in [-0.3, -0.25) is 9.59 Å². The van der Waals surface area contributed by atoms with Crippen molar-refractivity contribution in [2.45, 2.75) is 33.6 Å². The summed E-state index contributed by atoms with van der Waals surface area (Å²) in [6.07, 6.45) is 2.36. The average molecular weight is 359 g/mol. The van der Waals surface area contributed by atoms with Crippen molar-refractivity contribution in [1.29, 1.82) is 0 Å². The second kappa shape index (κ2) is 7.00. The number of sulfonamides is 1. The second-order valence-electron chi connectivity index (χ2n) is 7.80. The minimum atomic E-state index is -3.17. The first kappa shape index (κ1) is 19.2. The molecule has 0 atom stereocenters. The van der Waals surface area contributed by atoms with E-state index in [1.807, 2.05) is 30.6 Å². The van der Waals surface area contributed by atoms with E-state index in [0.29, 0.717) is 52.1 Å². The molecule has 0 spiro atoms. The van der Waals surface area contributed by atoms with Crippen molar-refractivity contribution >= 4 is 21.8 Å². The number of hydrogen-bond acceptors (Lipinski definition) is 4. The van der Waals surface area contributed by atoms with Crippen LogP contribution in [-0.4, -0.2) is 79.9 Å². The van der Waals surface area contributed by atoms with E-state index in [-0.39, 0.29) is 17.7 Å². The molecule has 2 fully saturated rings. The molecule has 0 aromatic heterocycles. The summed E-state index contributed by atoms with van der Waals surface area (Å²) in [6, 6.07) is 0. The van der Waals surface area contributed by atoms with Crippen molar-refractivity contribution in [3.8, 4) is 0 Å². The van der Waals surface area contributed by atoms with E-state index in [2.05, 4.69) is 0 Å². The van der Waals surface area contributed by atoms with Crippen molar-refractivity contribution in [2.75, 3.05) is 45.5 Å². The Morgan fingerprint density at radius 1 is 0.875 bits per heavy atom. The highest BCUT2D eigenvalue weighted by Crippen LogP contribution is 2.23. The van der Waals surface area contributed by atoms with Crippen molar-refractivity contribution < 1.29 is 18.0 Å². The lowest BCUT2D eigenvalue weighted by molar-refractivity contribution is -0.146. The zero-order valence-electron chi connectivity index (χ0n) is 15.1. The molecule has 2 aliphatic heterocycles. The van der Waals surface area contributed by atoms with Crippen LogP contribution in [0.1, 0.15) is 33.6 Å². The molecule has 2 amide bonds. The molecule has 0 aromatic rings. The Morgan fingerprint density at radius 2 is 1.33 bits per heavy atom. The number of piperazine rings is 1. The van der Waals surface area contributed by atoms with Crippen LogP contribution in [0, 0.1) is 11.3 Å². The maximum Gasteiger partial charge on any atom is 0.228 e. The van der Waals surface area contributed by atoms with Gasteiger partial charge in [0.2, 0.25) is 21.8 Å². The van der Waals surface area contributed by atoms with Gasteiger partial charge in [-0.2, -0.15) is 0 Å². The Hall–Kier alpha value is -1.15. The molecule has 2 saturated heterocycles. The van der Waals surface area contributed by atoms with E-state index < -0.39 is 15.4 Å². The quantitative estimate of drug-likeness (QED) is 0.714. The summed E-state index contributed by atoms with van der Waals surface area (Å²) in [7, 11) is -3.17. The standard InChI is InChI=1S/C16H29N3O4S/c1-16(2,3)15(21)18-11-9-17(10-12-18)14(20)13-5-7-19(8-6-13)24(4,22)23/h13H,5-12H2,1-4H3. The summed E-state index contributed by atoms with van der Waals surface area (Å²) in [6.45, 7) is 8.82. The highest BCUT2D eigenvalue weighted by Gasteiger charge is 2.34. The third-order valence-electron chi connectivity index (χ3n) is 4.79. The minimum absolute atomic E-state index is 0.103. The highest BCUT2D eigenvalue weighted by molar-refractivity contribution is 7.88. The summed E-state index contributed by atoms with van der Waals surface area (Å²) in [5.74, 6) is 0.120. The van der Waals surface area contributed by atoms with Gasteiger partial charge in [-0.1, -0.05) is 20.8 Å². The SMILES string of the molecule is CC(C)(C)C(=O)N1CCN(C(=O)C2CCN(S(C)(=O)=O)CC2)CC1. The first-order valence-corrected chi connectivity index (χ1v) is 10.4. The molecule has 2 rings (SSSR count). The average Bonchev–Trinajstić information content (AvgIpc) is 2.52. The number of rotatable bonds is 2. The van der Waals surface area contributed by atoms with Crippen LogP contribution in [0.2, 0.25) is 0 Å². The molecular weight excluding hydrogens is 330 g/mol. The zero-order valence-corrected chi connectivity index (χ0v) is 15.9. The van der Waals surface area contributed by atoms with Crippen LogP contribution in [0.25, 0.3) is 0 Å². The normalized spacial score (nSPS) is 21.8. The molecule has 2 aliphatic rings. The van der Waals surface area contributed by atoms with E-state index in [4.69, 9.17) is 0 Å². The molecule has 2 heterocycles. The van der Waals surface area contributed by atoms with E-state index in [9.17, 15) is 18.0 Å². The van der Waals surface area contributed by atoms with Crippen LogP contribution in [-0.2, 0) is 19.6 Å². The predicted molar refractivity (Wildman–Crippen MR) is 91.8 cm³/mol. The molecule has 8 heteroatoms. The molecule has 7 nitrogen and oxygen atoms in total. The molecular formula is C16H29N3O4S. The van der Waals surface area contributed by atoms with Crippen LogP contribution in [0.15, 0.2) is 0 Å². The van der Waals surface area contributed by atoms with Crippen LogP contribution < -0.4 is 0 Å². The van der Waals surface area contributed by atoms with Gasteiger partial charge in [0.1, 0.15) is 0 Å². The van der Waals surface area contributed by atoms with Gasteiger partial charge in [0.25, 0.3) is 0 Å². The van der Waals surface area contributed by atoms with Gasteiger partial charge in [0.05, 0.1) is 6.26 Å². The Morgan fingerprint density at radius 3 is 1.75 bits per heavy atom. The van der Waals surface area contributed by atoms with Gasteiger partial charge in [0, 0.05) is 50.6 Å². The molecule has 0 aromatic carbocycles. The number of hydrogen-bond donors (Lipinski definition) is 0. The molecule has 0 radical (unpaired) electrons. The van der Waals surface area contributed by atoms with Gasteiger partial charge in [-0.25, -0.2) is 12.7 Å². The lowest BCUT2D eigenvalue weighted by Gasteiger charge is -2.39. The number of piperidine rings is 1. The first-order chi connectivity index (χ1) is 11.0. The fourth-order valence-corrected chi connectivity index (χ4v) is 4.17. The molecule has 0 aliphatic carbocycles. The van der Waals surface area contributed by atoms with Crippen molar-refractivity contribution in [3.63, 3.8) is 0 Å². The van der Waals surface area contributed by atoms with E-state index >= 15 is 0 Å². The van der Waals surface area contributed by atoms with Gasteiger partial charge in [0.15, 0.2) is 0 Å². The van der Waals surface area contributed by atoms with Crippen LogP contribution in [0.5, 0.6) is 0 Å². The Bertz CT molecular complexity index is 581. The van der Waals surface area contributed by atoms with E-state index in [1.165, 1.54) is 10.6 Å². The Labute approximate surface area is 145 Å². The Kier molecular flexibility index (Phi) is 5.59. The van der Waals surface area contributed by atoms with Crippen molar-refractivity contribution in [1.82, 2.24) is 14.1 Å². The van der Waals surface area contributed by atoms with Gasteiger partial charge < -0.3 is 9.80 Å². The lowest BCUT2D eigenvalue weighted by atomic mass is 9.94. The van der Waals surface area contributed by atoms with Crippen LogP contribution >= 0.6 is 0 Å². The molecule has 138 valence electrons. The third-order valence-corrected chi connectivity index (χ3v) is 6.10. The molecule has 24 heavy (non-hydrogen) atoms. The summed E-state index contributed by atoms with van der Waals surface area (Å²) < 4.78 is 24.5. The summed E-state index contributed by atoms with van der Waals surface area (Å²) in [4.78, 5) is 28.6. The minimum Gasteiger partial charge on any atom is -0.339 e. The lowest BCUT2D eigenvalue weighted by Crippen LogP contribution is -2.54. The fraction of sp³-hybridized carbons (Fsp3) is 0.875. The fourth-order valence-electron chi connectivity index (χ4n) is 3.30. The number of carbonyl (C=O) groups is 2. The summed E-state index contributed by atoms with van der Waals surface area (Å²) >= 11 is 0. The number of amides is 2. The summed E-state index contributed by atoms with van der Waals surface area (Å²) in [5.41, 5.74) is -0.398. The predicted octanol–water partition coefficient (Wildman–Crippen LogP) is 0.375. The van der Waals surface area contributed by atoms with E-state index in [0.717, 1.165) is 0 Å². The zero-order chi connectivity index (χ0) is 18.1. The van der Waals surface area contributed by atoms with Crippen molar-refractivity contribution in [2.24, 2.45) is 11.3 Å². The van der Waals surface area contributed by atoms with E-state index in [1.54, 1.807) is 0 Å². The van der Waals surface area contributed by atoms with Crippen LogP contribution in [0.4, 0.5) is 0 Å². The Balaban J connectivity index is 1.85. The van der Waals surface area contributed by atoms with Gasteiger partial charge in [-0.15, -0.1) is 0 Å². The van der Waals surface area contributed by atoms with Crippen LogP contribution in [0.3, 0.4) is 0 Å². The second-order valence-corrected chi connectivity index (χ2v) is 9.79. The van der Waals surface area contributed by atoms with Crippen molar-refractivity contribution in [3.05, 3.63) is 0 Å². The first-order valence-electron chi connectivity index (χ1n) is 8.53. The van der Waals surface area contributed by atoms with Gasteiger partial charge in [-0.05, 0) is 12.8 Å². The molecule has 0 N–H and O–H groups in total. The number of nitrogens with zero attached hydrogens (tertiary/aromatic N) is 3. The molecule has 0 unspecified atom stereocenters. The smallest absolute Gasteiger partial charge is 0.228 e. The van der Waals surface area contributed by atoms with Gasteiger partial charge >= 0.3 is 0 Å². The maximum absolute atomic E-state index is 12.6. The molecule has 0 saturated carbocycles. The third kappa shape index (κ3) is 4.47. The largest absolute Gasteiger partial charge is 0.339 e. The number of carbonyl (C=O) groups excluding carboxylic acids is 2. The monoisotopic (exact) mass is 359 g/mol. The summed E-state index contributed by atoms with van der Waals surface area (Å²) in [5, 5.41) is 0. The highest BCUT2D eigenvalue weighted by atomic mass is 32.2. The topological polar surface area (TPSA) is 78.0 Å². The molecule has 0 bridgehead atoms.